The fraction of sp³-hybridized carbons (Fsp3) is 0.406. The smallest absolute Gasteiger partial charge is 0.226 e. The number of amidine groups is 1. The van der Waals surface area contributed by atoms with Gasteiger partial charge in [-0.05, 0) is 49.5 Å². The van der Waals surface area contributed by atoms with Gasteiger partial charge in [0.25, 0.3) is 0 Å². The van der Waals surface area contributed by atoms with Crippen LogP contribution < -0.4 is 16.0 Å². The molecule has 0 saturated carbocycles. The van der Waals surface area contributed by atoms with Crippen molar-refractivity contribution in [2.24, 2.45) is 27.7 Å². The Kier molecular flexibility index (Phi) is 13.9. The number of amides is 1. The Bertz CT molecular complexity index is 1150. The molecule has 0 bridgehead atoms. The minimum atomic E-state index is -0.403. The van der Waals surface area contributed by atoms with Gasteiger partial charge in [-0.2, -0.15) is 0 Å². The van der Waals surface area contributed by atoms with Crippen molar-refractivity contribution in [1.29, 1.82) is 0 Å². The molecule has 39 heavy (non-hydrogen) atoms. The summed E-state index contributed by atoms with van der Waals surface area (Å²) in [6, 6.07) is 0. The lowest BCUT2D eigenvalue weighted by atomic mass is 9.85. The zero-order valence-electron chi connectivity index (χ0n) is 24.7. The zero-order chi connectivity index (χ0) is 29.7. The van der Waals surface area contributed by atoms with E-state index >= 15 is 4.39 Å². The van der Waals surface area contributed by atoms with Crippen molar-refractivity contribution in [2.45, 2.75) is 41.5 Å². The lowest BCUT2D eigenvalue weighted by molar-refractivity contribution is -0.122. The molecule has 0 spiro atoms. The highest BCUT2D eigenvalue weighted by Crippen LogP contribution is 2.35. The summed E-state index contributed by atoms with van der Waals surface area (Å²) in [5.74, 6) is -0.303. The molecule has 0 aromatic heterocycles. The van der Waals surface area contributed by atoms with Gasteiger partial charge < -0.3 is 16.0 Å². The van der Waals surface area contributed by atoms with E-state index in [0.717, 1.165) is 22.4 Å². The third-order valence-electron chi connectivity index (χ3n) is 6.45. The average Bonchev–Trinajstić information content (AvgIpc) is 2.93. The summed E-state index contributed by atoms with van der Waals surface area (Å²) < 4.78 is 15.2. The van der Waals surface area contributed by atoms with Crippen molar-refractivity contribution in [3.05, 3.63) is 96.2 Å². The Labute approximate surface area is 234 Å². The fourth-order valence-electron chi connectivity index (χ4n) is 3.74. The lowest BCUT2D eigenvalue weighted by Crippen LogP contribution is -2.26. The first kappa shape index (κ1) is 33.3. The molecule has 0 saturated heterocycles. The molecule has 0 aromatic rings. The predicted octanol–water partition coefficient (Wildman–Crippen LogP) is 6.13. The average molecular weight is 536 g/mol. The van der Waals surface area contributed by atoms with Crippen LogP contribution >= 0.6 is 0 Å². The number of carbonyl (C=O) groups excluding carboxylic acids is 1. The monoisotopic (exact) mass is 535 g/mol. The highest BCUT2D eigenvalue weighted by Gasteiger charge is 2.22. The summed E-state index contributed by atoms with van der Waals surface area (Å²) in [4.78, 5) is 20.8. The molecule has 3 N–H and O–H groups in total. The van der Waals surface area contributed by atoms with E-state index in [2.05, 4.69) is 52.3 Å². The van der Waals surface area contributed by atoms with Gasteiger partial charge in [-0.3, -0.25) is 9.79 Å². The van der Waals surface area contributed by atoms with E-state index in [0.29, 0.717) is 42.5 Å². The molecule has 7 heteroatoms. The van der Waals surface area contributed by atoms with Crippen LogP contribution in [0.3, 0.4) is 0 Å². The highest BCUT2D eigenvalue weighted by molar-refractivity contribution is 6.12. The maximum Gasteiger partial charge on any atom is 0.226 e. The van der Waals surface area contributed by atoms with E-state index in [9.17, 15) is 4.79 Å². The van der Waals surface area contributed by atoms with Crippen molar-refractivity contribution >= 4 is 17.5 Å². The molecule has 1 aliphatic carbocycles. The van der Waals surface area contributed by atoms with Crippen molar-refractivity contribution in [1.82, 2.24) is 16.0 Å². The van der Waals surface area contributed by atoms with Crippen LogP contribution in [0.1, 0.15) is 41.5 Å². The first-order valence-corrected chi connectivity index (χ1v) is 13.3. The van der Waals surface area contributed by atoms with Gasteiger partial charge in [-0.1, -0.05) is 71.4 Å². The molecule has 0 heterocycles. The Balaban J connectivity index is 2.84. The van der Waals surface area contributed by atoms with Crippen molar-refractivity contribution in [3.8, 4) is 0 Å². The topological polar surface area (TPSA) is 77.9 Å². The molecule has 212 valence electrons. The van der Waals surface area contributed by atoms with Crippen LogP contribution in [0.25, 0.3) is 0 Å². The van der Waals surface area contributed by atoms with Gasteiger partial charge in [-0.25, -0.2) is 9.38 Å². The molecule has 3 unspecified atom stereocenters. The molecule has 0 fully saturated rings. The van der Waals surface area contributed by atoms with Crippen LogP contribution in [0.2, 0.25) is 0 Å². The molecule has 6 nitrogen and oxygen atoms in total. The van der Waals surface area contributed by atoms with Gasteiger partial charge in [0.15, 0.2) is 0 Å². The molecule has 1 amide bonds. The second-order valence-electron chi connectivity index (χ2n) is 9.68. The van der Waals surface area contributed by atoms with Gasteiger partial charge in [0, 0.05) is 43.9 Å². The number of hydrogen-bond donors (Lipinski definition) is 3. The molecule has 1 rings (SSSR count). The Morgan fingerprint density at radius 3 is 2.33 bits per heavy atom. The minimum Gasteiger partial charge on any atom is -0.383 e. The van der Waals surface area contributed by atoms with Gasteiger partial charge in [0.05, 0.1) is 17.3 Å². The first-order valence-electron chi connectivity index (χ1n) is 13.3. The third-order valence-corrected chi connectivity index (χ3v) is 6.45. The second-order valence-corrected chi connectivity index (χ2v) is 9.68. The second kappa shape index (κ2) is 16.3. The standard InChI is InChI=1S/C32H46FN5O/c1-12-28(19-37-31-24(7)23(6)25(31)8)30(33)21(4)15-14-20(3)18-36-26(9)29(38-27(10)35-13-2)17-16-22(5)32(39)34-11/h12,14-17,20-22,36-37H,1,6-7,9,13,18-19H2,2-5,8,10-11H3,(H,34,39)/b15-14?,17-16?,30-28-,35-27?,38-29?. The fourth-order valence-corrected chi connectivity index (χ4v) is 3.74. The van der Waals surface area contributed by atoms with Crippen LogP contribution in [0.4, 0.5) is 4.39 Å². The lowest BCUT2D eigenvalue weighted by Gasteiger charge is -2.28. The molecule has 1 aliphatic rings. The Hall–Kier alpha value is -3.74. The number of halogens is 1. The van der Waals surface area contributed by atoms with Gasteiger partial charge in [-0.15, -0.1) is 0 Å². The van der Waals surface area contributed by atoms with E-state index in [1.165, 1.54) is 0 Å². The summed E-state index contributed by atoms with van der Waals surface area (Å²) in [5.41, 5.74) is 5.50. The number of aliphatic imine (C=N–C) groups is 2. The van der Waals surface area contributed by atoms with E-state index in [1.54, 1.807) is 25.3 Å². The van der Waals surface area contributed by atoms with Crippen LogP contribution in [0, 0.1) is 17.8 Å². The van der Waals surface area contributed by atoms with E-state index < -0.39 is 5.92 Å². The number of carbonyl (C=O) groups is 1. The largest absolute Gasteiger partial charge is 0.383 e. The summed E-state index contributed by atoms with van der Waals surface area (Å²) in [7, 11) is 1.61. The normalized spacial score (nSPS) is 17.5. The van der Waals surface area contributed by atoms with Crippen molar-refractivity contribution in [3.63, 3.8) is 0 Å². The summed E-state index contributed by atoms with van der Waals surface area (Å²) in [5, 5.41) is 9.19. The van der Waals surface area contributed by atoms with Crippen molar-refractivity contribution < 1.29 is 9.18 Å². The Morgan fingerprint density at radius 2 is 1.77 bits per heavy atom. The SMILES string of the molecule is C=C/C(CNC1=C(C)C(=C)C1=C)=C(/F)C(C)C=CC(C)CNC(=C)C(C=CC(C)C(=O)NC)=NC(C)=NCC. The maximum absolute atomic E-state index is 15.2. The van der Waals surface area contributed by atoms with Crippen molar-refractivity contribution in [2.75, 3.05) is 26.7 Å². The quantitative estimate of drug-likeness (QED) is 0.102. The van der Waals surface area contributed by atoms with E-state index in [-0.39, 0.29) is 23.6 Å². The van der Waals surface area contributed by atoms with E-state index in [1.807, 2.05) is 53.7 Å². The predicted molar refractivity (Wildman–Crippen MR) is 165 cm³/mol. The van der Waals surface area contributed by atoms with Crippen LogP contribution in [-0.2, 0) is 4.79 Å². The molecule has 0 aliphatic heterocycles. The number of nitrogens with zero attached hydrogens (tertiary/aromatic N) is 2. The summed E-state index contributed by atoms with van der Waals surface area (Å²) in [6.45, 7) is 28.8. The van der Waals surface area contributed by atoms with Gasteiger partial charge >= 0.3 is 0 Å². The zero-order valence-corrected chi connectivity index (χ0v) is 24.7. The number of nitrogens with one attached hydrogen (secondary N) is 3. The molecule has 3 atom stereocenters. The van der Waals surface area contributed by atoms with Gasteiger partial charge in [0.1, 0.15) is 11.7 Å². The number of hydrogen-bond acceptors (Lipinski definition) is 4. The van der Waals surface area contributed by atoms with Gasteiger partial charge in [0.2, 0.25) is 5.91 Å². The van der Waals surface area contributed by atoms with Crippen LogP contribution in [0.5, 0.6) is 0 Å². The van der Waals surface area contributed by atoms with Crippen LogP contribution in [0.15, 0.2) is 106 Å². The third kappa shape index (κ3) is 10.2. The molecular formula is C32H46FN5O. The summed E-state index contributed by atoms with van der Waals surface area (Å²) in [6.07, 6.45) is 8.96. The first-order chi connectivity index (χ1) is 18.4. The highest BCUT2D eigenvalue weighted by atomic mass is 19.1. The number of rotatable bonds is 15. The minimum absolute atomic E-state index is 0.0840. The number of allylic oxidation sites excluding steroid dienone is 5. The molecule has 0 aromatic carbocycles. The van der Waals surface area contributed by atoms with Crippen LogP contribution in [-0.4, -0.2) is 44.1 Å². The Morgan fingerprint density at radius 1 is 1.10 bits per heavy atom. The molecule has 0 radical (unpaired) electrons. The summed E-state index contributed by atoms with van der Waals surface area (Å²) >= 11 is 0. The van der Waals surface area contributed by atoms with E-state index in [4.69, 9.17) is 0 Å². The molecular weight excluding hydrogens is 489 g/mol. The maximum atomic E-state index is 15.2.